The first-order valence-electron chi connectivity index (χ1n) is 12.4. The molecule has 0 bridgehead atoms. The summed E-state index contributed by atoms with van der Waals surface area (Å²) in [6.45, 7) is 4.16. The molecule has 0 saturated heterocycles. The van der Waals surface area contributed by atoms with Crippen molar-refractivity contribution in [2.45, 2.75) is 26.4 Å². The van der Waals surface area contributed by atoms with E-state index in [1.807, 2.05) is 86.6 Å². The Bertz CT molecular complexity index is 1650. The average molecular weight is 523 g/mol. The van der Waals surface area contributed by atoms with E-state index in [0.717, 1.165) is 16.8 Å². The summed E-state index contributed by atoms with van der Waals surface area (Å²) in [5, 5.41) is 4.12. The highest BCUT2D eigenvalue weighted by atomic mass is 35.5. The third-order valence-electron chi connectivity index (χ3n) is 6.57. The Morgan fingerprint density at radius 3 is 2.32 bits per heavy atom. The van der Waals surface area contributed by atoms with Gasteiger partial charge in [0.2, 0.25) is 0 Å². The van der Waals surface area contributed by atoms with Crippen LogP contribution in [0.3, 0.4) is 0 Å². The molecule has 1 N–H and O–H groups in total. The van der Waals surface area contributed by atoms with Crippen LogP contribution in [-0.4, -0.2) is 20.5 Å². The number of nitrogens with one attached hydrogen (secondary N) is 1. The van der Waals surface area contributed by atoms with E-state index in [4.69, 9.17) is 16.6 Å². The van der Waals surface area contributed by atoms with Crippen LogP contribution in [0.2, 0.25) is 5.02 Å². The van der Waals surface area contributed by atoms with Crippen molar-refractivity contribution in [2.75, 3.05) is 5.32 Å². The number of benzene rings is 4. The van der Waals surface area contributed by atoms with Crippen molar-refractivity contribution in [3.63, 3.8) is 0 Å². The molecule has 0 saturated carbocycles. The number of nitrogens with zero attached hydrogens (tertiary/aromatic N) is 3. The Hall–Kier alpha value is -4.42. The fourth-order valence-corrected chi connectivity index (χ4v) is 4.60. The molecule has 190 valence electrons. The highest BCUT2D eigenvalue weighted by Crippen LogP contribution is 2.26. The molecule has 0 aliphatic heterocycles. The number of hydrogen-bond acceptors (Lipinski definition) is 3. The molecule has 1 aromatic heterocycles. The van der Waals surface area contributed by atoms with Crippen LogP contribution >= 0.6 is 11.6 Å². The van der Waals surface area contributed by atoms with Crippen molar-refractivity contribution in [1.82, 2.24) is 14.5 Å². The summed E-state index contributed by atoms with van der Waals surface area (Å²) in [7, 11) is 0. The van der Waals surface area contributed by atoms with E-state index in [1.54, 1.807) is 39.8 Å². The molecule has 1 atom stereocenters. The topological polar surface area (TPSA) is 67.2 Å². The molecule has 0 radical (unpaired) electrons. The second-order valence-electron chi connectivity index (χ2n) is 9.14. The van der Waals surface area contributed by atoms with Gasteiger partial charge in [0.15, 0.2) is 0 Å². The molecule has 0 aliphatic carbocycles. The smallest absolute Gasteiger partial charge is 0.310 e. The minimum atomic E-state index is -0.563. The summed E-state index contributed by atoms with van der Waals surface area (Å²) < 4.78 is 1.57. The lowest BCUT2D eigenvalue weighted by Gasteiger charge is -2.31. The Balaban J connectivity index is 1.65. The molecule has 2 amide bonds. The van der Waals surface area contributed by atoms with Gasteiger partial charge in [-0.1, -0.05) is 72.3 Å². The van der Waals surface area contributed by atoms with E-state index >= 15 is 0 Å². The lowest BCUT2D eigenvalue weighted by atomic mass is 10.1. The summed E-state index contributed by atoms with van der Waals surface area (Å²) in [4.78, 5) is 34.2. The van der Waals surface area contributed by atoms with Crippen molar-refractivity contribution < 1.29 is 4.79 Å². The van der Waals surface area contributed by atoms with E-state index in [-0.39, 0.29) is 11.6 Å². The highest BCUT2D eigenvalue weighted by Gasteiger charge is 2.27. The molecular weight excluding hydrogens is 496 g/mol. The van der Waals surface area contributed by atoms with Crippen LogP contribution in [0.1, 0.15) is 29.9 Å². The Kier molecular flexibility index (Phi) is 7.24. The van der Waals surface area contributed by atoms with Crippen LogP contribution in [-0.2, 0) is 6.54 Å². The number of amides is 2. The summed E-state index contributed by atoms with van der Waals surface area (Å²) in [5.41, 5.74) is 3.63. The number of carbonyl (C=O) groups excluding carboxylic acids is 1. The van der Waals surface area contributed by atoms with Gasteiger partial charge in [0, 0.05) is 17.3 Å². The lowest BCUT2D eigenvalue weighted by molar-refractivity contribution is 0.185. The quantitative estimate of drug-likeness (QED) is 0.257. The molecule has 0 aliphatic rings. The molecule has 0 fully saturated rings. The summed E-state index contributed by atoms with van der Waals surface area (Å²) in [5.74, 6) is 0.451. The fourth-order valence-electron chi connectivity index (χ4n) is 4.47. The van der Waals surface area contributed by atoms with Gasteiger partial charge in [-0.25, -0.2) is 9.78 Å². The summed E-state index contributed by atoms with van der Waals surface area (Å²) in [6.07, 6.45) is 0. The van der Waals surface area contributed by atoms with E-state index < -0.39 is 6.04 Å². The summed E-state index contributed by atoms with van der Waals surface area (Å²) >= 11 is 6.14. The standard InChI is InChI=1S/C31H27ClN4O2/c1-21-10-6-8-14-27(21)34-31(38)35(20-23-11-4-3-5-12-23)22(2)29-33-28-15-9-7-13-26(28)30(37)36(29)25-18-16-24(32)17-19-25/h3-19,22H,20H2,1-2H3,(H,34,38). The van der Waals surface area contributed by atoms with Crippen molar-refractivity contribution in [2.24, 2.45) is 0 Å². The summed E-state index contributed by atoms with van der Waals surface area (Å²) in [6, 6.07) is 30.8. The third kappa shape index (κ3) is 5.17. The number of aromatic nitrogens is 2. The van der Waals surface area contributed by atoms with Gasteiger partial charge in [-0.2, -0.15) is 0 Å². The van der Waals surface area contributed by atoms with Gasteiger partial charge in [-0.05, 0) is 67.4 Å². The van der Waals surface area contributed by atoms with Crippen LogP contribution in [0.25, 0.3) is 16.6 Å². The number of urea groups is 1. The predicted molar refractivity (Wildman–Crippen MR) is 153 cm³/mol. The molecule has 1 unspecified atom stereocenters. The monoisotopic (exact) mass is 522 g/mol. The fraction of sp³-hybridized carbons (Fsp3) is 0.129. The van der Waals surface area contributed by atoms with Crippen LogP contribution < -0.4 is 10.9 Å². The predicted octanol–water partition coefficient (Wildman–Crippen LogP) is 7.14. The molecule has 7 heteroatoms. The second-order valence-corrected chi connectivity index (χ2v) is 9.58. The zero-order valence-corrected chi connectivity index (χ0v) is 21.9. The first-order chi connectivity index (χ1) is 18.4. The van der Waals surface area contributed by atoms with Crippen LogP contribution in [0, 0.1) is 6.92 Å². The van der Waals surface area contributed by atoms with Crippen molar-refractivity contribution in [3.05, 3.63) is 135 Å². The van der Waals surface area contributed by atoms with Crippen LogP contribution in [0.4, 0.5) is 10.5 Å². The average Bonchev–Trinajstić information content (AvgIpc) is 2.94. The van der Waals surface area contributed by atoms with E-state index in [1.165, 1.54) is 0 Å². The number of fused-ring (bicyclic) bond motifs is 1. The maximum Gasteiger partial charge on any atom is 0.322 e. The number of carbonyl (C=O) groups is 1. The zero-order chi connectivity index (χ0) is 26.6. The molecule has 38 heavy (non-hydrogen) atoms. The normalized spacial score (nSPS) is 11.8. The Labute approximate surface area is 226 Å². The Morgan fingerprint density at radius 1 is 0.921 bits per heavy atom. The molecule has 0 spiro atoms. The van der Waals surface area contributed by atoms with Crippen LogP contribution in [0.5, 0.6) is 0 Å². The maximum absolute atomic E-state index is 13.8. The second kappa shape index (κ2) is 10.9. The molecule has 4 aromatic carbocycles. The SMILES string of the molecule is Cc1ccccc1NC(=O)N(Cc1ccccc1)C(C)c1nc2ccccc2c(=O)n1-c1ccc(Cl)cc1. The lowest BCUT2D eigenvalue weighted by Crippen LogP contribution is -2.39. The van der Waals surface area contributed by atoms with Gasteiger partial charge in [0.1, 0.15) is 5.82 Å². The third-order valence-corrected chi connectivity index (χ3v) is 6.82. The van der Waals surface area contributed by atoms with Gasteiger partial charge in [-0.3, -0.25) is 9.36 Å². The van der Waals surface area contributed by atoms with Crippen LogP contribution in [0.15, 0.2) is 108 Å². The van der Waals surface area contributed by atoms with Gasteiger partial charge in [0.05, 0.1) is 22.6 Å². The molecule has 6 nitrogen and oxygen atoms in total. The largest absolute Gasteiger partial charge is 0.322 e. The number of hydrogen-bond donors (Lipinski definition) is 1. The molecule has 1 heterocycles. The molecule has 5 rings (SSSR count). The van der Waals surface area contributed by atoms with Gasteiger partial charge in [-0.15, -0.1) is 0 Å². The van der Waals surface area contributed by atoms with Crippen molar-refractivity contribution in [1.29, 1.82) is 0 Å². The minimum absolute atomic E-state index is 0.209. The Morgan fingerprint density at radius 2 is 1.58 bits per heavy atom. The number of anilines is 1. The van der Waals surface area contributed by atoms with Gasteiger partial charge >= 0.3 is 6.03 Å². The number of halogens is 1. The van der Waals surface area contributed by atoms with E-state index in [9.17, 15) is 9.59 Å². The number of aryl methyl sites for hydroxylation is 1. The minimum Gasteiger partial charge on any atom is -0.310 e. The zero-order valence-electron chi connectivity index (χ0n) is 21.1. The van der Waals surface area contributed by atoms with Crippen molar-refractivity contribution in [3.8, 4) is 5.69 Å². The number of rotatable bonds is 6. The first-order valence-corrected chi connectivity index (χ1v) is 12.7. The van der Waals surface area contributed by atoms with Crippen molar-refractivity contribution >= 4 is 34.2 Å². The first kappa shape index (κ1) is 25.2. The van der Waals surface area contributed by atoms with Gasteiger partial charge in [0.25, 0.3) is 5.56 Å². The molecular formula is C31H27ClN4O2. The number of para-hydroxylation sites is 2. The molecule has 5 aromatic rings. The van der Waals surface area contributed by atoms with E-state index in [2.05, 4.69) is 5.32 Å². The van der Waals surface area contributed by atoms with E-state index in [0.29, 0.717) is 34.0 Å². The maximum atomic E-state index is 13.8. The highest BCUT2D eigenvalue weighted by molar-refractivity contribution is 6.30. The van der Waals surface area contributed by atoms with Gasteiger partial charge < -0.3 is 10.2 Å².